The largest absolute Gasteiger partial charge is 0.464 e. The quantitative estimate of drug-likeness (QED) is 0.202. The number of aliphatic hydroxyl groups excluding tert-OH is 3. The molecule has 13 nitrogen and oxygen atoms in total. The van der Waals surface area contributed by atoms with Gasteiger partial charge in [0.05, 0.1) is 41.3 Å². The number of thioether (sulfide) groups is 1. The minimum Gasteiger partial charge on any atom is -0.464 e. The number of carbonyl (C=O) groups is 3. The molecular weight excluding hydrogens is 524 g/mol. The van der Waals surface area contributed by atoms with Gasteiger partial charge in [-0.2, -0.15) is 0 Å². The Morgan fingerprint density at radius 3 is 1.82 bits per heavy atom. The van der Waals surface area contributed by atoms with Crippen molar-refractivity contribution >= 4 is 29.7 Å². The van der Waals surface area contributed by atoms with Crippen LogP contribution in [0.5, 0.6) is 0 Å². The maximum Gasteiger partial charge on any atom is 0.329 e. The summed E-state index contributed by atoms with van der Waals surface area (Å²) >= 11 is 1.00. The summed E-state index contributed by atoms with van der Waals surface area (Å²) in [5, 5.41) is 26.9. The number of aromatic nitrogens is 2. The van der Waals surface area contributed by atoms with Crippen molar-refractivity contribution in [2.45, 2.75) is 64.4 Å². The van der Waals surface area contributed by atoms with Crippen LogP contribution in [0, 0.1) is 16.2 Å². The van der Waals surface area contributed by atoms with Crippen molar-refractivity contribution in [1.82, 2.24) is 9.55 Å². The van der Waals surface area contributed by atoms with Gasteiger partial charge in [0.1, 0.15) is 12.0 Å². The molecule has 0 amide bonds. The van der Waals surface area contributed by atoms with E-state index in [0.29, 0.717) is 0 Å². The first kappa shape index (κ1) is 31.5. The number of nitrogens with zero attached hydrogens (tertiary/aromatic N) is 1. The number of rotatable bonds is 11. The molecule has 4 N–H and O–H groups in total. The number of hydrogen-bond donors (Lipinski definition) is 4. The van der Waals surface area contributed by atoms with Gasteiger partial charge in [0.2, 0.25) is 0 Å². The van der Waals surface area contributed by atoms with Gasteiger partial charge in [0.15, 0.2) is 12.2 Å². The van der Waals surface area contributed by atoms with Gasteiger partial charge in [0.25, 0.3) is 5.56 Å². The van der Waals surface area contributed by atoms with Crippen LogP contribution in [0.15, 0.2) is 21.9 Å². The van der Waals surface area contributed by atoms with Crippen LogP contribution in [0.4, 0.5) is 0 Å². The molecule has 0 saturated carbocycles. The number of ether oxygens (including phenoxy) is 3. The Labute approximate surface area is 223 Å². The molecule has 1 aromatic rings. The molecule has 1 aliphatic heterocycles. The van der Waals surface area contributed by atoms with Crippen molar-refractivity contribution < 1.29 is 43.9 Å². The lowest BCUT2D eigenvalue weighted by Gasteiger charge is -2.31. The lowest BCUT2D eigenvalue weighted by molar-refractivity contribution is -0.182. The summed E-state index contributed by atoms with van der Waals surface area (Å²) in [5.74, 6) is -2.43. The van der Waals surface area contributed by atoms with E-state index in [9.17, 15) is 39.3 Å². The van der Waals surface area contributed by atoms with E-state index in [1.807, 2.05) is 0 Å². The molecule has 1 aromatic heterocycles. The fraction of sp³-hybridized carbons (Fsp3) is 0.708. The second-order valence-corrected chi connectivity index (χ2v) is 12.4. The number of H-pyrrole nitrogens is 1. The lowest BCUT2D eigenvalue weighted by atomic mass is 9.94. The number of esters is 3. The van der Waals surface area contributed by atoms with Crippen LogP contribution < -0.4 is 11.2 Å². The van der Waals surface area contributed by atoms with Crippen molar-refractivity contribution in [3.63, 3.8) is 0 Å². The van der Waals surface area contributed by atoms with Gasteiger partial charge in [-0.15, -0.1) is 11.8 Å². The summed E-state index contributed by atoms with van der Waals surface area (Å²) in [5.41, 5.74) is -5.39. The SMILES string of the molecule is CC(C)(CO)C(=O)OC[C@H]1S[C@@H](n2ccc(=O)[nH]c2=O)C(OC(=O)C(C)(C)CO)C1OC(=O)C(C)(C)CO. The lowest BCUT2D eigenvalue weighted by Crippen LogP contribution is -2.47. The van der Waals surface area contributed by atoms with E-state index in [2.05, 4.69) is 4.98 Å². The van der Waals surface area contributed by atoms with Crippen molar-refractivity contribution in [1.29, 1.82) is 0 Å². The highest BCUT2D eigenvalue weighted by atomic mass is 32.2. The van der Waals surface area contributed by atoms with Crippen LogP contribution >= 0.6 is 11.8 Å². The topological polar surface area (TPSA) is 194 Å². The van der Waals surface area contributed by atoms with Crippen molar-refractivity contribution in [2.24, 2.45) is 16.2 Å². The molecule has 1 fully saturated rings. The maximum absolute atomic E-state index is 13.0. The number of hydrogen-bond acceptors (Lipinski definition) is 12. The summed E-state index contributed by atoms with van der Waals surface area (Å²) in [7, 11) is 0. The molecule has 2 heterocycles. The monoisotopic (exact) mass is 560 g/mol. The number of nitrogens with one attached hydrogen (secondary N) is 1. The highest BCUT2D eigenvalue weighted by molar-refractivity contribution is 8.00. The molecule has 38 heavy (non-hydrogen) atoms. The molecule has 1 saturated heterocycles. The Morgan fingerprint density at radius 1 is 0.868 bits per heavy atom. The zero-order valence-electron chi connectivity index (χ0n) is 22.3. The van der Waals surface area contributed by atoms with Crippen LogP contribution in [-0.4, -0.2) is 86.7 Å². The maximum atomic E-state index is 13.0. The molecule has 2 rings (SSSR count). The first-order valence-electron chi connectivity index (χ1n) is 11.9. The molecule has 14 heteroatoms. The highest BCUT2D eigenvalue weighted by Gasteiger charge is 2.53. The molecule has 0 radical (unpaired) electrons. The molecule has 0 bridgehead atoms. The average molecular weight is 561 g/mol. The summed E-state index contributed by atoms with van der Waals surface area (Å²) in [6, 6.07) is 1.09. The van der Waals surface area contributed by atoms with Crippen molar-refractivity contribution in [2.75, 3.05) is 26.4 Å². The van der Waals surface area contributed by atoms with Gasteiger partial charge in [-0.1, -0.05) is 0 Å². The van der Waals surface area contributed by atoms with Gasteiger partial charge >= 0.3 is 23.6 Å². The van der Waals surface area contributed by atoms with E-state index in [1.54, 1.807) is 0 Å². The van der Waals surface area contributed by atoms with E-state index in [1.165, 1.54) is 47.7 Å². The summed E-state index contributed by atoms with van der Waals surface area (Å²) < 4.78 is 17.9. The van der Waals surface area contributed by atoms with Crippen LogP contribution in [0.25, 0.3) is 0 Å². The van der Waals surface area contributed by atoms with E-state index < -0.39 is 88.1 Å². The van der Waals surface area contributed by atoms with Gasteiger partial charge in [0, 0.05) is 12.3 Å². The molecule has 0 aromatic carbocycles. The Morgan fingerprint density at radius 2 is 1.34 bits per heavy atom. The summed E-state index contributed by atoms with van der Waals surface area (Å²) in [4.78, 5) is 64.8. The van der Waals surface area contributed by atoms with Crippen LogP contribution in [-0.2, 0) is 28.6 Å². The van der Waals surface area contributed by atoms with E-state index in [0.717, 1.165) is 22.4 Å². The third-order valence-corrected chi connectivity index (χ3v) is 7.65. The standard InChI is InChI=1S/C24H36N2O11S/c1-22(2,10-27)18(31)35-9-13-15(36-19(32)23(3,4)11-28)16(37-20(33)24(5,6)12-29)17(38-13)26-8-7-14(30)25-21(26)34/h7-8,13,15-17,27-29H,9-12H2,1-6H3,(H,25,30,34)/t13-,15?,16?,17-/m1/s1. The van der Waals surface area contributed by atoms with Gasteiger partial charge in [-0.25, -0.2) is 4.79 Å². The van der Waals surface area contributed by atoms with Crippen LogP contribution in [0.3, 0.4) is 0 Å². The number of aromatic amines is 1. The number of aliphatic hydroxyl groups is 3. The van der Waals surface area contributed by atoms with Gasteiger partial charge < -0.3 is 29.5 Å². The molecule has 4 atom stereocenters. The molecule has 2 unspecified atom stereocenters. The summed E-state index contributed by atoms with van der Waals surface area (Å²) in [6.07, 6.45) is -1.41. The van der Waals surface area contributed by atoms with Gasteiger partial charge in [-0.05, 0) is 41.5 Å². The Hall–Kier alpha value is -2.68. The number of carbonyl (C=O) groups excluding carboxylic acids is 3. The first-order chi connectivity index (χ1) is 17.5. The minimum atomic E-state index is -1.35. The second kappa shape index (κ2) is 12.0. The predicted octanol–water partition coefficient (Wildman–Crippen LogP) is -0.427. The minimum absolute atomic E-state index is 0.351. The van der Waals surface area contributed by atoms with Crippen molar-refractivity contribution in [3.8, 4) is 0 Å². The van der Waals surface area contributed by atoms with Gasteiger partial charge in [-0.3, -0.25) is 28.7 Å². The Bertz CT molecular complexity index is 1140. The molecule has 1 aliphatic rings. The normalized spacial score (nSPS) is 22.1. The van der Waals surface area contributed by atoms with E-state index >= 15 is 0 Å². The molecule has 0 aliphatic carbocycles. The second-order valence-electron chi connectivity index (χ2n) is 11.0. The average Bonchev–Trinajstić information content (AvgIpc) is 3.18. The third kappa shape index (κ3) is 7.04. The van der Waals surface area contributed by atoms with Crippen molar-refractivity contribution in [3.05, 3.63) is 33.1 Å². The fourth-order valence-electron chi connectivity index (χ4n) is 3.07. The zero-order valence-corrected chi connectivity index (χ0v) is 23.1. The molecular formula is C24H36N2O11S. The predicted molar refractivity (Wildman–Crippen MR) is 135 cm³/mol. The highest BCUT2D eigenvalue weighted by Crippen LogP contribution is 2.46. The first-order valence-corrected chi connectivity index (χ1v) is 12.8. The molecule has 0 spiro atoms. The Kier molecular flexibility index (Phi) is 9.97. The Balaban J connectivity index is 2.56. The van der Waals surface area contributed by atoms with Crippen LogP contribution in [0.2, 0.25) is 0 Å². The summed E-state index contributed by atoms with van der Waals surface area (Å²) in [6.45, 7) is 6.75. The molecule has 214 valence electrons. The third-order valence-electron chi connectivity index (χ3n) is 6.12. The zero-order chi connectivity index (χ0) is 29.1. The van der Waals surface area contributed by atoms with Crippen LogP contribution in [0.1, 0.15) is 46.9 Å². The smallest absolute Gasteiger partial charge is 0.329 e. The van der Waals surface area contributed by atoms with E-state index in [-0.39, 0.29) is 6.61 Å². The fourth-order valence-corrected chi connectivity index (χ4v) is 4.61. The van der Waals surface area contributed by atoms with E-state index in [4.69, 9.17) is 14.2 Å².